The summed E-state index contributed by atoms with van der Waals surface area (Å²) >= 11 is 0. The van der Waals surface area contributed by atoms with Crippen molar-refractivity contribution in [1.29, 1.82) is 0 Å². The molecule has 1 N–H and O–H groups in total. The van der Waals surface area contributed by atoms with Crippen molar-refractivity contribution in [3.63, 3.8) is 0 Å². The number of rotatable bonds is 6. The third-order valence-corrected chi connectivity index (χ3v) is 5.76. The molecule has 2 saturated heterocycles. The molecular formula is C21H32N2O4. The van der Waals surface area contributed by atoms with E-state index in [2.05, 4.69) is 17.4 Å². The number of hydrogen-bond donors (Lipinski definition) is 1. The van der Waals surface area contributed by atoms with Crippen molar-refractivity contribution in [2.24, 2.45) is 5.92 Å². The van der Waals surface area contributed by atoms with Crippen LogP contribution in [0.2, 0.25) is 0 Å². The number of piperidine rings is 1. The minimum absolute atomic E-state index is 0.0491. The van der Waals surface area contributed by atoms with Gasteiger partial charge in [-0.05, 0) is 56.2 Å². The third-order valence-electron chi connectivity index (χ3n) is 5.76. The van der Waals surface area contributed by atoms with Gasteiger partial charge in [-0.3, -0.25) is 4.79 Å². The number of amides is 1. The predicted octanol–water partition coefficient (Wildman–Crippen LogP) is 2.25. The van der Waals surface area contributed by atoms with Gasteiger partial charge in [0.25, 0.3) is 0 Å². The van der Waals surface area contributed by atoms with Gasteiger partial charge in [-0.2, -0.15) is 0 Å². The summed E-state index contributed by atoms with van der Waals surface area (Å²) in [5.74, 6) is 2.51. The Labute approximate surface area is 162 Å². The predicted molar refractivity (Wildman–Crippen MR) is 104 cm³/mol. The summed E-state index contributed by atoms with van der Waals surface area (Å²) in [6.07, 6.45) is 4.21. The molecule has 0 radical (unpaired) electrons. The number of aryl methyl sites for hydroxylation is 1. The van der Waals surface area contributed by atoms with E-state index in [-0.39, 0.29) is 18.1 Å². The van der Waals surface area contributed by atoms with Crippen LogP contribution in [-0.2, 0) is 16.0 Å². The molecule has 2 atom stereocenters. The van der Waals surface area contributed by atoms with Gasteiger partial charge in [0.1, 0.15) is 17.5 Å². The van der Waals surface area contributed by atoms with Gasteiger partial charge in [0.2, 0.25) is 5.91 Å². The Morgan fingerprint density at radius 1 is 1.19 bits per heavy atom. The highest BCUT2D eigenvalue weighted by atomic mass is 16.5. The molecule has 2 heterocycles. The van der Waals surface area contributed by atoms with Crippen LogP contribution in [0.3, 0.4) is 0 Å². The average Bonchev–Trinajstić information content (AvgIpc) is 2.72. The first kappa shape index (κ1) is 20.0. The van der Waals surface area contributed by atoms with Crippen LogP contribution >= 0.6 is 0 Å². The van der Waals surface area contributed by atoms with E-state index >= 15 is 0 Å². The van der Waals surface area contributed by atoms with E-state index in [9.17, 15) is 4.79 Å². The first-order chi connectivity index (χ1) is 13.1. The highest BCUT2D eigenvalue weighted by Crippen LogP contribution is 2.27. The zero-order valence-electron chi connectivity index (χ0n) is 16.7. The lowest BCUT2D eigenvalue weighted by molar-refractivity contribution is -0.140. The highest BCUT2D eigenvalue weighted by molar-refractivity contribution is 5.82. The molecule has 0 unspecified atom stereocenters. The van der Waals surface area contributed by atoms with E-state index in [4.69, 9.17) is 14.2 Å². The quantitative estimate of drug-likeness (QED) is 0.825. The highest BCUT2D eigenvalue weighted by Gasteiger charge is 2.33. The van der Waals surface area contributed by atoms with Crippen LogP contribution in [0, 0.1) is 5.92 Å². The van der Waals surface area contributed by atoms with Crippen molar-refractivity contribution in [1.82, 2.24) is 10.2 Å². The standard InChI is InChI=1S/C21H32N2O4/c1-15-20(22-8-11-27-15)21(24)23-9-6-16(7-10-23)4-5-17-12-18(25-2)14-19(13-17)26-3/h12-16,20,22H,4-11H2,1-3H3/t15-,20+/m1/s1. The molecule has 0 aromatic heterocycles. The van der Waals surface area contributed by atoms with Crippen molar-refractivity contribution in [2.45, 2.75) is 44.8 Å². The number of ether oxygens (including phenoxy) is 3. The molecule has 2 aliphatic heterocycles. The Hall–Kier alpha value is -1.79. The Morgan fingerprint density at radius 2 is 1.85 bits per heavy atom. The Morgan fingerprint density at radius 3 is 2.44 bits per heavy atom. The average molecular weight is 376 g/mol. The first-order valence-corrected chi connectivity index (χ1v) is 9.96. The number of nitrogens with one attached hydrogen (secondary N) is 1. The monoisotopic (exact) mass is 376 g/mol. The maximum absolute atomic E-state index is 12.7. The molecule has 1 aromatic carbocycles. The summed E-state index contributed by atoms with van der Waals surface area (Å²) in [4.78, 5) is 14.8. The van der Waals surface area contributed by atoms with E-state index in [1.807, 2.05) is 17.9 Å². The largest absolute Gasteiger partial charge is 0.497 e. The fourth-order valence-corrected chi connectivity index (χ4v) is 4.03. The van der Waals surface area contributed by atoms with Crippen molar-refractivity contribution in [3.05, 3.63) is 23.8 Å². The van der Waals surface area contributed by atoms with Crippen LogP contribution in [0.5, 0.6) is 11.5 Å². The second-order valence-corrected chi connectivity index (χ2v) is 7.54. The second-order valence-electron chi connectivity index (χ2n) is 7.54. The minimum Gasteiger partial charge on any atom is -0.497 e. The van der Waals surface area contributed by atoms with Gasteiger partial charge in [0.05, 0.1) is 26.9 Å². The molecule has 1 amide bonds. The fraction of sp³-hybridized carbons (Fsp3) is 0.667. The van der Waals surface area contributed by atoms with E-state index in [1.54, 1.807) is 14.2 Å². The zero-order chi connectivity index (χ0) is 19.2. The molecular weight excluding hydrogens is 344 g/mol. The van der Waals surface area contributed by atoms with Gasteiger partial charge in [-0.25, -0.2) is 0 Å². The van der Waals surface area contributed by atoms with Gasteiger partial charge in [0, 0.05) is 25.7 Å². The topological polar surface area (TPSA) is 60.0 Å². The molecule has 0 bridgehead atoms. The van der Waals surface area contributed by atoms with Crippen molar-refractivity contribution in [2.75, 3.05) is 40.5 Å². The molecule has 27 heavy (non-hydrogen) atoms. The fourth-order valence-electron chi connectivity index (χ4n) is 4.03. The van der Waals surface area contributed by atoms with Crippen LogP contribution in [0.25, 0.3) is 0 Å². The van der Waals surface area contributed by atoms with E-state index < -0.39 is 0 Å². The maximum atomic E-state index is 12.7. The first-order valence-electron chi connectivity index (χ1n) is 9.96. The maximum Gasteiger partial charge on any atom is 0.242 e. The SMILES string of the molecule is COc1cc(CCC2CCN(C(=O)[C@H]3NCCO[C@@H]3C)CC2)cc(OC)c1. The molecule has 3 rings (SSSR count). The van der Waals surface area contributed by atoms with Gasteiger partial charge in [-0.15, -0.1) is 0 Å². The Kier molecular flexibility index (Phi) is 6.96. The number of methoxy groups -OCH3 is 2. The van der Waals surface area contributed by atoms with Crippen molar-refractivity contribution < 1.29 is 19.0 Å². The molecule has 0 aliphatic carbocycles. The number of morpholine rings is 1. The van der Waals surface area contributed by atoms with E-state index in [0.29, 0.717) is 12.5 Å². The number of nitrogens with zero attached hydrogens (tertiary/aromatic N) is 1. The van der Waals surface area contributed by atoms with Crippen LogP contribution in [0.4, 0.5) is 0 Å². The lowest BCUT2D eigenvalue weighted by Gasteiger charge is -2.37. The van der Waals surface area contributed by atoms with Crippen LogP contribution in [0.15, 0.2) is 18.2 Å². The number of hydrogen-bond acceptors (Lipinski definition) is 5. The zero-order valence-corrected chi connectivity index (χ0v) is 16.7. The van der Waals surface area contributed by atoms with Gasteiger partial charge in [0.15, 0.2) is 0 Å². The second kappa shape index (κ2) is 9.42. The third kappa shape index (κ3) is 5.14. The van der Waals surface area contributed by atoms with Crippen molar-refractivity contribution >= 4 is 5.91 Å². The lowest BCUT2D eigenvalue weighted by Crippen LogP contribution is -2.57. The molecule has 150 valence electrons. The Bertz CT molecular complexity index is 606. The minimum atomic E-state index is -0.195. The van der Waals surface area contributed by atoms with Crippen LogP contribution < -0.4 is 14.8 Å². The number of likely N-dealkylation sites (tertiary alicyclic amines) is 1. The smallest absolute Gasteiger partial charge is 0.242 e. The molecule has 0 saturated carbocycles. The van der Waals surface area contributed by atoms with E-state index in [0.717, 1.165) is 56.8 Å². The van der Waals surface area contributed by atoms with Gasteiger partial charge in [-0.1, -0.05) is 0 Å². The van der Waals surface area contributed by atoms with Crippen molar-refractivity contribution in [3.8, 4) is 11.5 Å². The van der Waals surface area contributed by atoms with Crippen LogP contribution in [-0.4, -0.2) is 63.4 Å². The number of benzene rings is 1. The molecule has 2 fully saturated rings. The summed E-state index contributed by atoms with van der Waals surface area (Å²) < 4.78 is 16.3. The molecule has 0 spiro atoms. The summed E-state index contributed by atoms with van der Waals surface area (Å²) in [6, 6.07) is 5.87. The summed E-state index contributed by atoms with van der Waals surface area (Å²) in [6.45, 7) is 5.10. The van der Waals surface area contributed by atoms with Gasteiger partial charge < -0.3 is 24.4 Å². The molecule has 6 heteroatoms. The molecule has 2 aliphatic rings. The normalized spacial score (nSPS) is 23.9. The Balaban J connectivity index is 1.48. The number of carbonyl (C=O) groups is 1. The molecule has 6 nitrogen and oxygen atoms in total. The van der Waals surface area contributed by atoms with Gasteiger partial charge >= 0.3 is 0 Å². The van der Waals surface area contributed by atoms with E-state index in [1.165, 1.54) is 5.56 Å². The summed E-state index contributed by atoms with van der Waals surface area (Å²) in [7, 11) is 3.36. The summed E-state index contributed by atoms with van der Waals surface area (Å²) in [5.41, 5.74) is 1.24. The van der Waals surface area contributed by atoms with Crippen LogP contribution in [0.1, 0.15) is 31.7 Å². The summed E-state index contributed by atoms with van der Waals surface area (Å²) in [5, 5.41) is 3.31. The number of carbonyl (C=O) groups excluding carboxylic acids is 1. The molecule has 1 aromatic rings. The lowest BCUT2D eigenvalue weighted by atomic mass is 9.90.